The van der Waals surface area contributed by atoms with E-state index in [-0.39, 0.29) is 35.0 Å². The van der Waals surface area contributed by atoms with Gasteiger partial charge in [0.05, 0.1) is 21.9 Å². The molecule has 2 saturated heterocycles. The molecule has 222 valence electrons. The summed E-state index contributed by atoms with van der Waals surface area (Å²) in [6, 6.07) is 29.8. The first-order valence-corrected chi connectivity index (χ1v) is 17.3. The maximum Gasteiger partial charge on any atom is 0.243 e. The molecule has 0 aliphatic carbocycles. The molecule has 0 aromatic heterocycles. The molecule has 0 N–H and O–H groups in total. The molecule has 2 heterocycles. The molecular formula is C34H34N2O5S2. The zero-order chi connectivity index (χ0) is 30.4. The Hall–Kier alpha value is -3.63. The molecule has 4 aromatic rings. The molecule has 4 aromatic carbocycles. The summed E-state index contributed by atoms with van der Waals surface area (Å²) in [5.41, 5.74) is 3.35. The van der Waals surface area contributed by atoms with Gasteiger partial charge < -0.3 is 0 Å². The van der Waals surface area contributed by atoms with E-state index in [1.165, 1.54) is 8.61 Å². The summed E-state index contributed by atoms with van der Waals surface area (Å²) in [4.78, 5) is 14.2. The number of sulfonamides is 2. The second-order valence-corrected chi connectivity index (χ2v) is 15.2. The van der Waals surface area contributed by atoms with Gasteiger partial charge in [0.1, 0.15) is 5.78 Å². The van der Waals surface area contributed by atoms with Gasteiger partial charge in [-0.1, -0.05) is 96.1 Å². The number of carbonyl (C=O) groups excluding carboxylic acids is 1. The average Bonchev–Trinajstić information content (AvgIpc) is 3.01. The fourth-order valence-electron chi connectivity index (χ4n) is 6.42. The quantitative estimate of drug-likeness (QED) is 0.273. The molecule has 0 radical (unpaired) electrons. The molecule has 4 atom stereocenters. The Morgan fingerprint density at radius 2 is 1.07 bits per heavy atom. The molecule has 6 rings (SSSR count). The van der Waals surface area contributed by atoms with Crippen LogP contribution in [0.25, 0.3) is 0 Å². The van der Waals surface area contributed by atoms with Crippen LogP contribution in [0.2, 0.25) is 0 Å². The summed E-state index contributed by atoms with van der Waals surface area (Å²) < 4.78 is 60.2. The Balaban J connectivity index is 1.50. The molecule has 0 bridgehead atoms. The molecule has 0 spiro atoms. The van der Waals surface area contributed by atoms with Crippen molar-refractivity contribution in [3.63, 3.8) is 0 Å². The van der Waals surface area contributed by atoms with Crippen molar-refractivity contribution in [1.29, 1.82) is 0 Å². The first kappa shape index (κ1) is 29.4. The lowest BCUT2D eigenvalue weighted by molar-refractivity contribution is -0.132. The van der Waals surface area contributed by atoms with E-state index in [0.717, 1.165) is 22.3 Å². The van der Waals surface area contributed by atoms with Crippen LogP contribution in [-0.2, 0) is 24.8 Å². The Morgan fingerprint density at radius 1 is 0.605 bits per heavy atom. The highest BCUT2D eigenvalue weighted by molar-refractivity contribution is 7.89. The number of hydrogen-bond donors (Lipinski definition) is 0. The van der Waals surface area contributed by atoms with Gasteiger partial charge in [0.2, 0.25) is 20.0 Å². The van der Waals surface area contributed by atoms with Crippen LogP contribution < -0.4 is 0 Å². The van der Waals surface area contributed by atoms with Crippen molar-refractivity contribution in [2.75, 3.05) is 6.54 Å². The number of piperidine rings is 2. The van der Waals surface area contributed by atoms with Gasteiger partial charge in [-0.2, -0.15) is 8.61 Å². The lowest BCUT2D eigenvalue weighted by Crippen LogP contribution is -2.60. The minimum Gasteiger partial charge on any atom is -0.299 e. The van der Waals surface area contributed by atoms with Crippen molar-refractivity contribution in [3.8, 4) is 0 Å². The van der Waals surface area contributed by atoms with Gasteiger partial charge in [-0.3, -0.25) is 4.79 Å². The standard InChI is InChI=1S/C34H34N2O5S2/c1-24-13-17-28(18-14-24)42(38,39)35-23-30-33(21-31(35)26-9-5-3-6-10-26)36(43(40,41)29-19-15-25(2)16-20-29)32(22-34(30)37)27-11-7-4-8-12-27/h3-20,30-33H,21-23H2,1-2H3. The molecule has 2 aliphatic heterocycles. The Morgan fingerprint density at radius 3 is 1.58 bits per heavy atom. The number of hydrogen-bond acceptors (Lipinski definition) is 5. The predicted molar refractivity (Wildman–Crippen MR) is 165 cm³/mol. The third-order valence-corrected chi connectivity index (χ3v) is 12.5. The van der Waals surface area contributed by atoms with E-state index >= 15 is 0 Å². The summed E-state index contributed by atoms with van der Waals surface area (Å²) in [6.45, 7) is 3.68. The summed E-state index contributed by atoms with van der Waals surface area (Å²) in [6.07, 6.45) is 0.102. The van der Waals surface area contributed by atoms with Gasteiger partial charge >= 0.3 is 0 Å². The SMILES string of the molecule is Cc1ccc(S(=O)(=O)N2CC3C(=O)CC(c4ccccc4)N(S(=O)(=O)c4ccc(C)cc4)C3CC2c2ccccc2)cc1. The van der Waals surface area contributed by atoms with Crippen molar-refractivity contribution < 1.29 is 21.6 Å². The van der Waals surface area contributed by atoms with Crippen molar-refractivity contribution >= 4 is 25.8 Å². The van der Waals surface area contributed by atoms with Crippen molar-refractivity contribution in [3.05, 3.63) is 131 Å². The van der Waals surface area contributed by atoms with E-state index in [0.29, 0.717) is 0 Å². The molecule has 0 saturated carbocycles. The first-order chi connectivity index (χ1) is 20.6. The van der Waals surface area contributed by atoms with E-state index in [4.69, 9.17) is 0 Å². The summed E-state index contributed by atoms with van der Waals surface area (Å²) in [5, 5.41) is 0. The molecule has 4 unspecified atom stereocenters. The smallest absolute Gasteiger partial charge is 0.243 e. The molecule has 43 heavy (non-hydrogen) atoms. The fourth-order valence-corrected chi connectivity index (χ4v) is 9.92. The third kappa shape index (κ3) is 5.47. The third-order valence-electron chi connectivity index (χ3n) is 8.69. The highest BCUT2D eigenvalue weighted by Gasteiger charge is 2.54. The van der Waals surface area contributed by atoms with Crippen LogP contribution in [0.5, 0.6) is 0 Å². The topological polar surface area (TPSA) is 91.8 Å². The first-order valence-electron chi connectivity index (χ1n) is 14.4. The Kier molecular flexibility index (Phi) is 7.85. The van der Waals surface area contributed by atoms with Crippen LogP contribution in [0.4, 0.5) is 0 Å². The van der Waals surface area contributed by atoms with Crippen LogP contribution >= 0.6 is 0 Å². The number of carbonyl (C=O) groups is 1. The summed E-state index contributed by atoms with van der Waals surface area (Å²) in [7, 11) is -8.08. The Labute approximate surface area is 253 Å². The molecular weight excluding hydrogens is 581 g/mol. The zero-order valence-electron chi connectivity index (χ0n) is 24.1. The monoisotopic (exact) mass is 614 g/mol. The Bertz CT molecular complexity index is 1830. The van der Waals surface area contributed by atoms with Gasteiger partial charge in [0.25, 0.3) is 0 Å². The minimum absolute atomic E-state index is 0.0370. The lowest BCUT2D eigenvalue weighted by Gasteiger charge is -2.51. The number of nitrogens with zero attached hydrogens (tertiary/aromatic N) is 2. The van der Waals surface area contributed by atoms with Crippen molar-refractivity contribution in [2.24, 2.45) is 5.92 Å². The number of fused-ring (bicyclic) bond motifs is 1. The van der Waals surface area contributed by atoms with E-state index < -0.39 is 44.1 Å². The van der Waals surface area contributed by atoms with Gasteiger partial charge in [-0.25, -0.2) is 16.8 Å². The van der Waals surface area contributed by atoms with E-state index in [9.17, 15) is 21.6 Å². The van der Waals surface area contributed by atoms with Crippen LogP contribution in [0.3, 0.4) is 0 Å². The van der Waals surface area contributed by atoms with Crippen LogP contribution in [0.1, 0.15) is 47.2 Å². The zero-order valence-corrected chi connectivity index (χ0v) is 25.7. The normalized spacial score (nSPS) is 23.5. The number of rotatable bonds is 6. The van der Waals surface area contributed by atoms with Crippen molar-refractivity contribution in [1.82, 2.24) is 8.61 Å². The largest absolute Gasteiger partial charge is 0.299 e. The van der Waals surface area contributed by atoms with Crippen LogP contribution in [0.15, 0.2) is 119 Å². The predicted octanol–water partition coefficient (Wildman–Crippen LogP) is 5.83. The number of aryl methyl sites for hydroxylation is 2. The average molecular weight is 615 g/mol. The molecule has 2 aliphatic rings. The fraction of sp³-hybridized carbons (Fsp3) is 0.265. The maximum atomic E-state index is 14.5. The second kappa shape index (κ2) is 11.5. The van der Waals surface area contributed by atoms with E-state index in [1.54, 1.807) is 48.5 Å². The van der Waals surface area contributed by atoms with Gasteiger partial charge in [-0.05, 0) is 55.7 Å². The van der Waals surface area contributed by atoms with E-state index in [2.05, 4.69) is 0 Å². The summed E-state index contributed by atoms with van der Waals surface area (Å²) in [5.74, 6) is -0.954. The highest BCUT2D eigenvalue weighted by atomic mass is 32.2. The molecule has 0 amide bonds. The number of Topliss-reactive ketones (excluding diaryl/α,β-unsaturated/α-hetero) is 1. The van der Waals surface area contributed by atoms with E-state index in [1.807, 2.05) is 74.5 Å². The van der Waals surface area contributed by atoms with Crippen LogP contribution in [0, 0.1) is 19.8 Å². The molecule has 2 fully saturated rings. The number of ketones is 1. The van der Waals surface area contributed by atoms with Gasteiger partial charge in [0.15, 0.2) is 0 Å². The number of benzene rings is 4. The lowest BCUT2D eigenvalue weighted by atomic mass is 9.77. The maximum absolute atomic E-state index is 14.5. The summed E-state index contributed by atoms with van der Waals surface area (Å²) >= 11 is 0. The van der Waals surface area contributed by atoms with Crippen LogP contribution in [-0.4, -0.2) is 43.8 Å². The van der Waals surface area contributed by atoms with Gasteiger partial charge in [-0.15, -0.1) is 0 Å². The van der Waals surface area contributed by atoms with Gasteiger partial charge in [0, 0.05) is 24.9 Å². The molecule has 7 nitrogen and oxygen atoms in total. The minimum atomic E-state index is -4.07. The molecule has 9 heteroatoms. The second-order valence-electron chi connectivity index (χ2n) is 11.5. The highest BCUT2D eigenvalue weighted by Crippen LogP contribution is 2.48. The van der Waals surface area contributed by atoms with Crippen molar-refractivity contribution in [2.45, 2.75) is 54.6 Å².